The van der Waals surface area contributed by atoms with Crippen molar-refractivity contribution in [3.05, 3.63) is 52.6 Å². The van der Waals surface area contributed by atoms with E-state index in [0.717, 1.165) is 0 Å². The van der Waals surface area contributed by atoms with Crippen molar-refractivity contribution in [3.63, 3.8) is 0 Å². The predicted molar refractivity (Wildman–Crippen MR) is 122 cm³/mol. The summed E-state index contributed by atoms with van der Waals surface area (Å²) in [4.78, 5) is 33.7. The highest BCUT2D eigenvalue weighted by Gasteiger charge is 2.51. The van der Waals surface area contributed by atoms with Crippen LogP contribution in [0, 0.1) is 5.41 Å². The molecular weight excluding hydrogens is 467 g/mol. The van der Waals surface area contributed by atoms with Gasteiger partial charge < -0.3 is 20.5 Å². The van der Waals surface area contributed by atoms with Crippen molar-refractivity contribution in [2.45, 2.75) is 19.4 Å². The molecule has 6 N–H and O–H groups in total. The zero-order valence-corrected chi connectivity index (χ0v) is 18.9. The van der Waals surface area contributed by atoms with Gasteiger partial charge in [-0.1, -0.05) is 18.2 Å². The van der Waals surface area contributed by atoms with Crippen LogP contribution >= 0.6 is 7.75 Å². The van der Waals surface area contributed by atoms with E-state index in [0.29, 0.717) is 12.0 Å². The minimum Gasteiger partial charge on any atom is -0.480 e. The van der Waals surface area contributed by atoms with Crippen LogP contribution in [0.4, 0.5) is 5.95 Å². The fourth-order valence-corrected chi connectivity index (χ4v) is 4.85. The highest BCUT2D eigenvalue weighted by atomic mass is 31.2. The van der Waals surface area contributed by atoms with Gasteiger partial charge in [-0.05, 0) is 31.1 Å². The first-order valence-corrected chi connectivity index (χ1v) is 11.7. The largest absolute Gasteiger partial charge is 0.480 e. The standard InChI is InChI=1S/C20H23N6O7P/c1-12(18(29)30)25-34(31,33-14-5-3-2-4-6-14)32-10-20(9-27)7-13(20)8-26-11-22-15-16(26)23-19(21)24-17(15)28/h2-6,8,11-12,27H,7,9-10H2,1H3,(H,25,31)(H,29,30)(H3,21,23,24,28)/b13-8-/t12?,20-,34-/m0/s1. The Morgan fingerprint density at radius 2 is 2.18 bits per heavy atom. The molecule has 13 nitrogen and oxygen atoms in total. The molecule has 3 atom stereocenters. The van der Waals surface area contributed by atoms with Crippen LogP contribution in [0.15, 0.2) is 47.0 Å². The Morgan fingerprint density at radius 3 is 2.85 bits per heavy atom. The Kier molecular flexibility index (Phi) is 6.28. The molecule has 0 spiro atoms. The van der Waals surface area contributed by atoms with Crippen LogP contribution in [0.25, 0.3) is 17.4 Å². The second kappa shape index (κ2) is 9.03. The van der Waals surface area contributed by atoms with Crippen molar-refractivity contribution < 1.29 is 28.6 Å². The Hall–Kier alpha value is -3.51. The van der Waals surface area contributed by atoms with E-state index in [1.165, 1.54) is 17.8 Å². The number of fused-ring (bicyclic) bond motifs is 1. The number of carbonyl (C=O) groups is 1. The number of anilines is 1. The number of aliphatic hydroxyl groups is 1. The van der Waals surface area contributed by atoms with E-state index in [-0.39, 0.29) is 36.1 Å². The van der Waals surface area contributed by atoms with Gasteiger partial charge in [0.1, 0.15) is 18.1 Å². The third-order valence-corrected chi connectivity index (χ3v) is 6.96. The lowest BCUT2D eigenvalue weighted by Crippen LogP contribution is -2.34. The number of aromatic amines is 1. The number of H-pyrrole nitrogens is 1. The van der Waals surface area contributed by atoms with Crippen LogP contribution < -0.4 is 20.9 Å². The molecule has 1 aliphatic carbocycles. The molecule has 2 heterocycles. The highest BCUT2D eigenvalue weighted by molar-refractivity contribution is 7.52. The SMILES string of the molecule is CC(N[P@](=O)(OC[C@@]1(CO)C/C1=C/n1cnc2c(=O)[nH]c(N)nc21)Oc1ccccc1)C(=O)O. The number of rotatable bonds is 10. The molecular formula is C20H23N6O7P. The van der Waals surface area contributed by atoms with Gasteiger partial charge in [-0.25, -0.2) is 9.55 Å². The number of aliphatic hydroxyl groups excluding tert-OH is 1. The van der Waals surface area contributed by atoms with Crippen molar-refractivity contribution in [1.82, 2.24) is 24.6 Å². The zero-order valence-electron chi connectivity index (χ0n) is 18.0. The molecule has 1 aromatic carbocycles. The molecule has 4 rings (SSSR count). The van der Waals surface area contributed by atoms with Gasteiger partial charge >= 0.3 is 13.7 Å². The molecule has 2 aromatic heterocycles. The third-order valence-electron chi connectivity index (χ3n) is 5.34. The second-order valence-electron chi connectivity index (χ2n) is 7.91. The van der Waals surface area contributed by atoms with Crippen molar-refractivity contribution in [1.29, 1.82) is 0 Å². The molecule has 1 saturated carbocycles. The number of nitrogens with two attached hydrogens (primary N) is 1. The number of nitrogens with zero attached hydrogens (tertiary/aromatic N) is 3. The average molecular weight is 490 g/mol. The van der Waals surface area contributed by atoms with Gasteiger partial charge in [-0.3, -0.25) is 23.7 Å². The Bertz CT molecular complexity index is 1350. The number of nitrogens with one attached hydrogen (secondary N) is 2. The molecule has 14 heteroatoms. The number of aromatic nitrogens is 4. The Morgan fingerprint density at radius 1 is 1.44 bits per heavy atom. The van der Waals surface area contributed by atoms with E-state index in [1.807, 2.05) is 0 Å². The van der Waals surface area contributed by atoms with Gasteiger partial charge in [0.05, 0.1) is 13.2 Å². The molecule has 3 aromatic rings. The minimum absolute atomic E-state index is 0.0668. The summed E-state index contributed by atoms with van der Waals surface area (Å²) in [6, 6.07) is 6.96. The molecule has 1 fully saturated rings. The lowest BCUT2D eigenvalue weighted by atomic mass is 10.1. The normalized spacial score (nSPS) is 21.3. The van der Waals surface area contributed by atoms with E-state index in [4.69, 9.17) is 14.8 Å². The van der Waals surface area contributed by atoms with E-state index < -0.39 is 30.7 Å². The molecule has 0 aliphatic heterocycles. The average Bonchev–Trinajstić information content (AvgIpc) is 3.34. The van der Waals surface area contributed by atoms with Crippen LogP contribution in [-0.4, -0.2) is 55.0 Å². The van der Waals surface area contributed by atoms with Gasteiger partial charge in [-0.2, -0.15) is 10.1 Å². The van der Waals surface area contributed by atoms with Gasteiger partial charge in [0.2, 0.25) is 5.95 Å². The lowest BCUT2D eigenvalue weighted by Gasteiger charge is -2.23. The summed E-state index contributed by atoms with van der Waals surface area (Å²) >= 11 is 0. The van der Waals surface area contributed by atoms with Crippen LogP contribution in [0.2, 0.25) is 0 Å². The van der Waals surface area contributed by atoms with Gasteiger partial charge in [0.25, 0.3) is 5.56 Å². The molecule has 180 valence electrons. The Balaban J connectivity index is 1.55. The summed E-state index contributed by atoms with van der Waals surface area (Å²) in [5, 5.41) is 21.6. The number of benzene rings is 1. The monoisotopic (exact) mass is 490 g/mol. The molecule has 0 amide bonds. The maximum atomic E-state index is 13.4. The number of hydrogen-bond acceptors (Lipinski definition) is 9. The van der Waals surface area contributed by atoms with Crippen molar-refractivity contribution in [3.8, 4) is 5.75 Å². The van der Waals surface area contributed by atoms with E-state index in [1.54, 1.807) is 36.5 Å². The molecule has 34 heavy (non-hydrogen) atoms. The number of hydrogen-bond donors (Lipinski definition) is 5. The van der Waals surface area contributed by atoms with E-state index in [2.05, 4.69) is 20.0 Å². The summed E-state index contributed by atoms with van der Waals surface area (Å²) < 4.78 is 25.9. The third kappa shape index (κ3) is 4.87. The second-order valence-corrected chi connectivity index (χ2v) is 9.60. The Labute approximate surface area is 192 Å². The number of para-hydroxylation sites is 1. The highest BCUT2D eigenvalue weighted by Crippen LogP contribution is 2.56. The number of imidazole rings is 1. The van der Waals surface area contributed by atoms with Crippen LogP contribution in [0.1, 0.15) is 13.3 Å². The summed E-state index contributed by atoms with van der Waals surface area (Å²) in [6.07, 6.45) is 3.42. The maximum absolute atomic E-state index is 13.4. The zero-order chi connectivity index (χ0) is 24.5. The van der Waals surface area contributed by atoms with Crippen molar-refractivity contribution >= 4 is 37.0 Å². The molecule has 0 radical (unpaired) electrons. The molecule has 1 unspecified atom stereocenters. The van der Waals surface area contributed by atoms with Gasteiger partial charge in [0.15, 0.2) is 11.2 Å². The van der Waals surface area contributed by atoms with Crippen molar-refractivity contribution in [2.75, 3.05) is 18.9 Å². The summed E-state index contributed by atoms with van der Waals surface area (Å²) in [7, 11) is -4.13. The quantitative estimate of drug-likeness (QED) is 0.256. The number of carboxylic acid groups (broad SMARTS) is 1. The van der Waals surface area contributed by atoms with E-state index in [9.17, 15) is 24.4 Å². The first-order valence-electron chi connectivity index (χ1n) is 10.2. The number of aliphatic carboxylic acids is 1. The number of carboxylic acids is 1. The summed E-state index contributed by atoms with van der Waals surface area (Å²) in [5.74, 6) is -1.08. The molecule has 0 bridgehead atoms. The fraction of sp³-hybridized carbons (Fsp3) is 0.300. The molecule has 0 saturated heterocycles. The van der Waals surface area contributed by atoms with Crippen LogP contribution in [0.3, 0.4) is 0 Å². The van der Waals surface area contributed by atoms with Gasteiger partial charge in [0, 0.05) is 11.6 Å². The topological polar surface area (TPSA) is 195 Å². The van der Waals surface area contributed by atoms with Crippen LogP contribution in [0.5, 0.6) is 5.75 Å². The van der Waals surface area contributed by atoms with Crippen molar-refractivity contribution in [2.24, 2.45) is 5.41 Å². The first kappa shape index (κ1) is 23.6. The number of nitrogen functional groups attached to an aromatic ring is 1. The summed E-state index contributed by atoms with van der Waals surface area (Å²) in [6.45, 7) is 0.754. The van der Waals surface area contributed by atoms with E-state index >= 15 is 0 Å². The lowest BCUT2D eigenvalue weighted by molar-refractivity contribution is -0.138. The minimum atomic E-state index is -4.13. The first-order chi connectivity index (χ1) is 16.1. The summed E-state index contributed by atoms with van der Waals surface area (Å²) in [5.41, 5.74) is 5.31. The fourth-order valence-electron chi connectivity index (χ4n) is 3.27. The van der Waals surface area contributed by atoms with Crippen LogP contribution in [-0.2, 0) is 13.9 Å². The van der Waals surface area contributed by atoms with Gasteiger partial charge in [-0.15, -0.1) is 0 Å². The smallest absolute Gasteiger partial charge is 0.459 e. The molecule has 1 aliphatic rings. The predicted octanol–water partition coefficient (Wildman–Crippen LogP) is 1.19. The maximum Gasteiger partial charge on any atom is 0.459 e.